The Bertz CT molecular complexity index is 790. The van der Waals surface area contributed by atoms with Gasteiger partial charge in [0, 0.05) is 37.8 Å². The minimum Gasteiger partial charge on any atom is -0.381 e. The predicted molar refractivity (Wildman–Crippen MR) is 93.5 cm³/mol. The molecule has 25 heavy (non-hydrogen) atoms. The summed E-state index contributed by atoms with van der Waals surface area (Å²) < 4.78 is 7.48. The number of nitrogens with zero attached hydrogens (tertiary/aromatic N) is 2. The number of aryl methyl sites for hydroxylation is 2. The summed E-state index contributed by atoms with van der Waals surface area (Å²) in [6.07, 6.45) is 5.36. The zero-order chi connectivity index (χ0) is 17.8. The van der Waals surface area contributed by atoms with Gasteiger partial charge >= 0.3 is 0 Å². The number of carbonyl (C=O) groups excluding carboxylic acids is 1. The molecule has 0 aliphatic carbocycles. The molecule has 7 heteroatoms. The Morgan fingerprint density at radius 1 is 1.44 bits per heavy atom. The van der Waals surface area contributed by atoms with E-state index in [2.05, 4.69) is 15.3 Å². The van der Waals surface area contributed by atoms with E-state index in [0.29, 0.717) is 13.2 Å². The molecule has 2 aromatic heterocycles. The number of hydrogen-bond acceptors (Lipinski definition) is 4. The first-order valence-corrected chi connectivity index (χ1v) is 8.69. The zero-order valence-corrected chi connectivity index (χ0v) is 14.6. The molecule has 0 aromatic carbocycles. The lowest BCUT2D eigenvalue weighted by Crippen LogP contribution is -2.39. The summed E-state index contributed by atoms with van der Waals surface area (Å²) in [6.45, 7) is 5.95. The van der Waals surface area contributed by atoms with Gasteiger partial charge in [-0.1, -0.05) is 0 Å². The third-order valence-corrected chi connectivity index (χ3v) is 4.69. The standard InChI is InChI=1S/C18H24N4O3/c1-3-22-9-8-19-16(22)15(13-6-10-25-11-7-13)21-18(24)14-5-4-12(2)20-17(14)23/h4-5,8-9,13,15H,3,6-7,10-11H2,1-2H3,(H,20,23)(H,21,24)/t15-/m0/s1. The van der Waals surface area contributed by atoms with Gasteiger partial charge in [0.1, 0.15) is 11.4 Å². The normalized spacial score (nSPS) is 16.6. The Kier molecular flexibility index (Phi) is 5.33. The van der Waals surface area contributed by atoms with Crippen LogP contribution in [0.25, 0.3) is 0 Å². The van der Waals surface area contributed by atoms with Crippen molar-refractivity contribution in [3.05, 3.63) is 52.0 Å². The van der Waals surface area contributed by atoms with Crippen LogP contribution >= 0.6 is 0 Å². The average Bonchev–Trinajstić information content (AvgIpc) is 3.08. The van der Waals surface area contributed by atoms with Crippen LogP contribution in [0.3, 0.4) is 0 Å². The third-order valence-electron chi connectivity index (χ3n) is 4.69. The van der Waals surface area contributed by atoms with Gasteiger partial charge in [-0.3, -0.25) is 9.59 Å². The van der Waals surface area contributed by atoms with Gasteiger partial charge in [-0.25, -0.2) is 4.98 Å². The number of hydrogen-bond donors (Lipinski definition) is 2. The van der Waals surface area contributed by atoms with Crippen molar-refractivity contribution in [1.29, 1.82) is 0 Å². The fraction of sp³-hybridized carbons (Fsp3) is 0.500. The van der Waals surface area contributed by atoms with E-state index in [0.717, 1.165) is 30.9 Å². The molecule has 0 radical (unpaired) electrons. The maximum Gasteiger partial charge on any atom is 0.260 e. The highest BCUT2D eigenvalue weighted by Gasteiger charge is 2.30. The van der Waals surface area contributed by atoms with E-state index in [1.807, 2.05) is 17.7 Å². The van der Waals surface area contributed by atoms with Crippen molar-refractivity contribution in [2.75, 3.05) is 13.2 Å². The average molecular weight is 344 g/mol. The van der Waals surface area contributed by atoms with Crippen LogP contribution in [0.2, 0.25) is 0 Å². The van der Waals surface area contributed by atoms with Gasteiger partial charge in [0.2, 0.25) is 0 Å². The van der Waals surface area contributed by atoms with E-state index in [1.54, 1.807) is 25.3 Å². The van der Waals surface area contributed by atoms with Crippen LogP contribution in [0.1, 0.15) is 47.7 Å². The molecule has 1 fully saturated rings. The maximum absolute atomic E-state index is 12.7. The maximum atomic E-state index is 12.7. The van der Waals surface area contributed by atoms with Crippen LogP contribution < -0.4 is 10.9 Å². The summed E-state index contributed by atoms with van der Waals surface area (Å²) >= 11 is 0. The van der Waals surface area contributed by atoms with Crippen LogP contribution in [-0.4, -0.2) is 33.7 Å². The Labute approximate surface area is 146 Å². The molecule has 134 valence electrons. The van der Waals surface area contributed by atoms with Crippen LogP contribution in [0.4, 0.5) is 0 Å². The van der Waals surface area contributed by atoms with Gasteiger partial charge in [0.15, 0.2) is 0 Å². The van der Waals surface area contributed by atoms with Crippen molar-refractivity contribution in [2.24, 2.45) is 5.92 Å². The summed E-state index contributed by atoms with van der Waals surface area (Å²) in [7, 11) is 0. The highest BCUT2D eigenvalue weighted by molar-refractivity contribution is 5.94. The summed E-state index contributed by atoms with van der Waals surface area (Å²) in [4.78, 5) is 32.0. The first kappa shape index (κ1) is 17.4. The molecular formula is C18H24N4O3. The molecule has 0 saturated carbocycles. The summed E-state index contributed by atoms with van der Waals surface area (Å²) in [6, 6.07) is 3.05. The highest BCUT2D eigenvalue weighted by atomic mass is 16.5. The molecule has 0 bridgehead atoms. The number of imidazole rings is 1. The van der Waals surface area contributed by atoms with Crippen molar-refractivity contribution >= 4 is 5.91 Å². The minimum absolute atomic E-state index is 0.122. The van der Waals surface area contributed by atoms with Gasteiger partial charge in [-0.2, -0.15) is 0 Å². The van der Waals surface area contributed by atoms with Gasteiger partial charge in [0.25, 0.3) is 11.5 Å². The van der Waals surface area contributed by atoms with Crippen molar-refractivity contribution in [2.45, 2.75) is 39.3 Å². The molecular weight excluding hydrogens is 320 g/mol. The predicted octanol–water partition coefficient (Wildman–Crippen LogP) is 1.80. The molecule has 7 nitrogen and oxygen atoms in total. The lowest BCUT2D eigenvalue weighted by atomic mass is 9.90. The quantitative estimate of drug-likeness (QED) is 0.865. The molecule has 2 N–H and O–H groups in total. The third kappa shape index (κ3) is 3.82. The number of ether oxygens (including phenoxy) is 1. The first-order chi connectivity index (χ1) is 12.1. The van der Waals surface area contributed by atoms with Crippen molar-refractivity contribution < 1.29 is 9.53 Å². The molecule has 1 amide bonds. The number of rotatable bonds is 5. The summed E-state index contributed by atoms with van der Waals surface area (Å²) in [5.41, 5.74) is 0.475. The van der Waals surface area contributed by atoms with Gasteiger partial charge in [-0.15, -0.1) is 0 Å². The first-order valence-electron chi connectivity index (χ1n) is 8.69. The smallest absolute Gasteiger partial charge is 0.260 e. The Hall–Kier alpha value is -2.41. The van der Waals surface area contributed by atoms with Gasteiger partial charge in [-0.05, 0) is 44.7 Å². The minimum atomic E-state index is -0.373. The van der Waals surface area contributed by atoms with Crippen molar-refractivity contribution in [3.63, 3.8) is 0 Å². The number of aromatic nitrogens is 3. The molecule has 3 heterocycles. The fourth-order valence-electron chi connectivity index (χ4n) is 3.28. The van der Waals surface area contributed by atoms with Gasteiger partial charge in [0.05, 0.1) is 6.04 Å². The van der Waals surface area contributed by atoms with E-state index in [1.165, 1.54) is 0 Å². The molecule has 0 unspecified atom stereocenters. The number of nitrogens with one attached hydrogen (secondary N) is 2. The lowest BCUT2D eigenvalue weighted by molar-refractivity contribution is 0.0498. The van der Waals surface area contributed by atoms with E-state index < -0.39 is 0 Å². The van der Waals surface area contributed by atoms with Crippen LogP contribution in [0, 0.1) is 12.8 Å². The lowest BCUT2D eigenvalue weighted by Gasteiger charge is -2.30. The molecule has 2 aromatic rings. The molecule has 1 aliphatic rings. The number of aromatic amines is 1. The molecule has 1 atom stereocenters. The molecule has 1 aliphatic heterocycles. The van der Waals surface area contributed by atoms with Crippen LogP contribution in [0.5, 0.6) is 0 Å². The van der Waals surface area contributed by atoms with E-state index in [4.69, 9.17) is 4.74 Å². The molecule has 0 spiro atoms. The number of amides is 1. The van der Waals surface area contributed by atoms with Crippen LogP contribution in [0.15, 0.2) is 29.3 Å². The van der Waals surface area contributed by atoms with Crippen LogP contribution in [-0.2, 0) is 11.3 Å². The summed E-state index contributed by atoms with van der Waals surface area (Å²) in [5.74, 6) is 0.685. The molecule has 1 saturated heterocycles. The number of H-pyrrole nitrogens is 1. The van der Waals surface area contributed by atoms with Crippen molar-refractivity contribution in [1.82, 2.24) is 19.9 Å². The highest BCUT2D eigenvalue weighted by Crippen LogP contribution is 2.29. The molecule has 3 rings (SSSR count). The Morgan fingerprint density at radius 3 is 2.88 bits per heavy atom. The van der Waals surface area contributed by atoms with E-state index in [-0.39, 0.29) is 29.0 Å². The number of carbonyl (C=O) groups is 1. The second-order valence-electron chi connectivity index (χ2n) is 6.36. The SMILES string of the molecule is CCn1ccnc1[C@@H](NC(=O)c1ccc(C)[nH]c1=O)C1CCOCC1. The van der Waals surface area contributed by atoms with Crippen molar-refractivity contribution in [3.8, 4) is 0 Å². The van der Waals surface area contributed by atoms with Gasteiger partial charge < -0.3 is 19.6 Å². The largest absolute Gasteiger partial charge is 0.381 e. The monoisotopic (exact) mass is 344 g/mol. The topological polar surface area (TPSA) is 89.0 Å². The summed E-state index contributed by atoms with van der Waals surface area (Å²) in [5, 5.41) is 3.04. The second-order valence-corrected chi connectivity index (χ2v) is 6.36. The van der Waals surface area contributed by atoms with E-state index >= 15 is 0 Å². The number of pyridine rings is 1. The second kappa shape index (κ2) is 7.65. The fourth-order valence-corrected chi connectivity index (χ4v) is 3.28. The zero-order valence-electron chi connectivity index (χ0n) is 14.6. The Balaban J connectivity index is 1.89. The Morgan fingerprint density at radius 2 is 2.20 bits per heavy atom. The van der Waals surface area contributed by atoms with E-state index in [9.17, 15) is 9.59 Å².